The van der Waals surface area contributed by atoms with Crippen molar-refractivity contribution in [1.82, 2.24) is 9.88 Å². The molecule has 0 aliphatic carbocycles. The maximum absolute atomic E-state index is 6.05. The Labute approximate surface area is 145 Å². The number of fused-ring (bicyclic) bond motifs is 1. The second-order valence-electron chi connectivity index (χ2n) is 6.67. The van der Waals surface area contributed by atoms with Gasteiger partial charge in [-0.05, 0) is 18.4 Å². The summed E-state index contributed by atoms with van der Waals surface area (Å²) < 4.78 is 11.8. The highest BCUT2D eigenvalue weighted by molar-refractivity contribution is 7.10. The summed E-state index contributed by atoms with van der Waals surface area (Å²) in [5.74, 6) is 0.597. The number of thiophene rings is 1. The van der Waals surface area contributed by atoms with Crippen molar-refractivity contribution < 1.29 is 9.47 Å². The van der Waals surface area contributed by atoms with E-state index in [4.69, 9.17) is 9.47 Å². The number of aromatic nitrogens is 1. The number of hydrogen-bond acceptors (Lipinski definition) is 6. The van der Waals surface area contributed by atoms with Gasteiger partial charge in [-0.15, -0.1) is 22.7 Å². The smallest absolute Gasteiger partial charge is 0.0898 e. The van der Waals surface area contributed by atoms with Crippen molar-refractivity contribution in [3.8, 4) is 0 Å². The molecule has 0 aromatic carbocycles. The van der Waals surface area contributed by atoms with Gasteiger partial charge in [-0.2, -0.15) is 0 Å². The predicted molar refractivity (Wildman–Crippen MR) is 92.8 cm³/mol. The van der Waals surface area contributed by atoms with E-state index in [9.17, 15) is 0 Å². The van der Waals surface area contributed by atoms with Gasteiger partial charge in [0.15, 0.2) is 0 Å². The molecule has 2 atom stereocenters. The molecule has 2 aromatic rings. The van der Waals surface area contributed by atoms with Crippen molar-refractivity contribution in [1.29, 1.82) is 0 Å². The largest absolute Gasteiger partial charge is 0.380 e. The first-order valence-corrected chi connectivity index (χ1v) is 9.81. The number of aryl methyl sites for hydroxylation is 1. The van der Waals surface area contributed by atoms with E-state index in [2.05, 4.69) is 32.8 Å². The Bertz CT molecular complexity index is 643. The second kappa shape index (κ2) is 6.61. The Hall–Kier alpha value is -0.790. The number of ether oxygens (including phenoxy) is 2. The molecule has 2 fully saturated rings. The van der Waals surface area contributed by atoms with Crippen LogP contribution < -0.4 is 0 Å². The van der Waals surface area contributed by atoms with E-state index in [0.29, 0.717) is 12.5 Å². The van der Waals surface area contributed by atoms with Gasteiger partial charge < -0.3 is 9.47 Å². The summed E-state index contributed by atoms with van der Waals surface area (Å²) in [7, 11) is 0. The fraction of sp³-hybridized carbons (Fsp3) is 0.588. The van der Waals surface area contributed by atoms with E-state index < -0.39 is 0 Å². The molecule has 4 rings (SSSR count). The zero-order valence-electron chi connectivity index (χ0n) is 13.4. The summed E-state index contributed by atoms with van der Waals surface area (Å²) in [6, 6.07) is 4.36. The van der Waals surface area contributed by atoms with Crippen LogP contribution in [0.25, 0.3) is 0 Å². The molecule has 0 amide bonds. The highest BCUT2D eigenvalue weighted by Crippen LogP contribution is 2.42. The van der Waals surface area contributed by atoms with Gasteiger partial charge in [-0.1, -0.05) is 6.07 Å². The first kappa shape index (κ1) is 15.7. The molecule has 2 aromatic heterocycles. The van der Waals surface area contributed by atoms with Gasteiger partial charge in [-0.25, -0.2) is 4.98 Å². The third-order valence-electron chi connectivity index (χ3n) is 4.86. The van der Waals surface area contributed by atoms with E-state index in [-0.39, 0.29) is 5.41 Å². The predicted octanol–water partition coefficient (Wildman–Crippen LogP) is 3.18. The summed E-state index contributed by atoms with van der Waals surface area (Å²) in [6.45, 7) is 8.38. The molecule has 0 bridgehead atoms. The van der Waals surface area contributed by atoms with Crippen LogP contribution in [0.4, 0.5) is 0 Å². The van der Waals surface area contributed by atoms with Crippen LogP contribution in [0, 0.1) is 18.3 Å². The summed E-state index contributed by atoms with van der Waals surface area (Å²) in [4.78, 5) is 8.49. The molecule has 2 aliphatic heterocycles. The molecule has 4 nitrogen and oxygen atoms in total. The lowest BCUT2D eigenvalue weighted by Crippen LogP contribution is -2.35. The van der Waals surface area contributed by atoms with Gasteiger partial charge in [0.2, 0.25) is 0 Å². The number of nitrogens with zero attached hydrogens (tertiary/aromatic N) is 2. The van der Waals surface area contributed by atoms with Crippen molar-refractivity contribution in [3.05, 3.63) is 38.5 Å². The maximum atomic E-state index is 6.05. The molecule has 0 radical (unpaired) electrons. The Morgan fingerprint density at radius 3 is 3.22 bits per heavy atom. The number of hydrogen-bond donors (Lipinski definition) is 0. The molecule has 0 spiro atoms. The van der Waals surface area contributed by atoms with Crippen LogP contribution >= 0.6 is 22.7 Å². The standard InChI is InChI=1S/C17H22N2O2S2/c1-13-18-15(9-23-13)8-21-12-17-10-19(5-14(17)7-20-11-17)6-16-3-2-4-22-16/h2-4,9,14H,5-8,10-12H2,1H3/t14-,17+/m0/s1. The molecule has 0 unspecified atom stereocenters. The van der Waals surface area contributed by atoms with Crippen LogP contribution in [0.15, 0.2) is 22.9 Å². The van der Waals surface area contributed by atoms with E-state index in [1.54, 1.807) is 11.3 Å². The first-order valence-electron chi connectivity index (χ1n) is 8.05. The minimum atomic E-state index is 0.169. The maximum Gasteiger partial charge on any atom is 0.0898 e. The molecule has 2 aliphatic rings. The monoisotopic (exact) mass is 350 g/mol. The molecular weight excluding hydrogens is 328 g/mol. The van der Waals surface area contributed by atoms with Gasteiger partial charge in [0.25, 0.3) is 0 Å². The first-order chi connectivity index (χ1) is 11.2. The van der Waals surface area contributed by atoms with E-state index in [0.717, 1.165) is 50.2 Å². The average Bonchev–Trinajstić information content (AvgIpc) is 3.25. The molecule has 124 valence electrons. The highest BCUT2D eigenvalue weighted by atomic mass is 32.1. The van der Waals surface area contributed by atoms with Crippen molar-refractivity contribution >= 4 is 22.7 Å². The minimum absolute atomic E-state index is 0.169. The molecule has 4 heterocycles. The molecule has 2 saturated heterocycles. The Morgan fingerprint density at radius 2 is 2.43 bits per heavy atom. The van der Waals surface area contributed by atoms with Crippen LogP contribution in [0.2, 0.25) is 0 Å². The number of rotatable bonds is 6. The molecular formula is C17H22N2O2S2. The molecule has 0 saturated carbocycles. The van der Waals surface area contributed by atoms with Gasteiger partial charge in [0.05, 0.1) is 37.1 Å². The second-order valence-corrected chi connectivity index (χ2v) is 8.77. The SMILES string of the molecule is Cc1nc(COC[C@@]23COC[C@@H]2CN(Cc2cccs2)C3)cs1. The lowest BCUT2D eigenvalue weighted by Gasteiger charge is -2.26. The molecule has 6 heteroatoms. The Kier molecular flexibility index (Phi) is 4.52. The van der Waals surface area contributed by atoms with Gasteiger partial charge in [0, 0.05) is 41.2 Å². The van der Waals surface area contributed by atoms with E-state index in [1.165, 1.54) is 4.88 Å². The topological polar surface area (TPSA) is 34.6 Å². The molecule has 0 N–H and O–H groups in total. The number of thiazole rings is 1. The quantitative estimate of drug-likeness (QED) is 0.801. The third kappa shape index (κ3) is 3.37. The lowest BCUT2D eigenvalue weighted by molar-refractivity contribution is 0.0173. The van der Waals surface area contributed by atoms with Crippen molar-refractivity contribution in [2.75, 3.05) is 32.9 Å². The summed E-state index contributed by atoms with van der Waals surface area (Å²) in [5, 5.41) is 5.35. The van der Waals surface area contributed by atoms with Gasteiger partial charge >= 0.3 is 0 Å². The summed E-state index contributed by atoms with van der Waals surface area (Å²) in [6.07, 6.45) is 0. The fourth-order valence-electron chi connectivity index (χ4n) is 3.72. The average molecular weight is 351 g/mol. The van der Waals surface area contributed by atoms with Crippen LogP contribution in [-0.4, -0.2) is 42.8 Å². The zero-order chi connectivity index (χ0) is 15.7. The number of likely N-dealkylation sites (tertiary alicyclic amines) is 1. The minimum Gasteiger partial charge on any atom is -0.380 e. The van der Waals surface area contributed by atoms with Crippen molar-refractivity contribution in [2.45, 2.75) is 20.1 Å². The normalized spacial score (nSPS) is 27.6. The zero-order valence-corrected chi connectivity index (χ0v) is 15.0. The Morgan fingerprint density at radius 1 is 1.48 bits per heavy atom. The van der Waals surface area contributed by atoms with E-state index in [1.807, 2.05) is 18.3 Å². The highest BCUT2D eigenvalue weighted by Gasteiger charge is 2.50. The third-order valence-corrected chi connectivity index (χ3v) is 6.54. The fourth-order valence-corrected chi connectivity index (χ4v) is 5.07. The van der Waals surface area contributed by atoms with Crippen LogP contribution in [-0.2, 0) is 22.6 Å². The van der Waals surface area contributed by atoms with Crippen LogP contribution in [0.1, 0.15) is 15.6 Å². The summed E-state index contributed by atoms with van der Waals surface area (Å²) in [5.41, 5.74) is 1.22. The van der Waals surface area contributed by atoms with Gasteiger partial charge in [0.1, 0.15) is 0 Å². The molecule has 23 heavy (non-hydrogen) atoms. The van der Waals surface area contributed by atoms with Crippen molar-refractivity contribution in [3.63, 3.8) is 0 Å². The van der Waals surface area contributed by atoms with Crippen LogP contribution in [0.3, 0.4) is 0 Å². The van der Waals surface area contributed by atoms with Crippen molar-refractivity contribution in [2.24, 2.45) is 11.3 Å². The van der Waals surface area contributed by atoms with Crippen LogP contribution in [0.5, 0.6) is 0 Å². The Balaban J connectivity index is 1.35. The lowest BCUT2D eigenvalue weighted by atomic mass is 9.82. The van der Waals surface area contributed by atoms with E-state index >= 15 is 0 Å². The van der Waals surface area contributed by atoms with Gasteiger partial charge in [-0.3, -0.25) is 4.90 Å². The summed E-state index contributed by atoms with van der Waals surface area (Å²) >= 11 is 3.53.